The zero-order valence-electron chi connectivity index (χ0n) is 10.6. The molecule has 3 nitrogen and oxygen atoms in total. The third kappa shape index (κ3) is 3.31. The largest absolute Gasteiger partial charge is 0.311 e. The molecule has 0 radical (unpaired) electrons. The van der Waals surface area contributed by atoms with Crippen LogP contribution < -0.4 is 5.32 Å². The van der Waals surface area contributed by atoms with E-state index in [-0.39, 0.29) is 6.04 Å². The van der Waals surface area contributed by atoms with E-state index in [1.165, 1.54) is 10.5 Å². The third-order valence-corrected chi connectivity index (χ3v) is 4.06. The van der Waals surface area contributed by atoms with Gasteiger partial charge in [-0.05, 0) is 25.6 Å². The van der Waals surface area contributed by atoms with Crippen LogP contribution in [0.25, 0.3) is 0 Å². The first-order valence-electron chi connectivity index (χ1n) is 5.93. The van der Waals surface area contributed by atoms with Crippen LogP contribution in [0.5, 0.6) is 0 Å². The predicted octanol–water partition coefficient (Wildman–Crippen LogP) is 2.84. The van der Waals surface area contributed by atoms with Gasteiger partial charge in [-0.2, -0.15) is 0 Å². The molecule has 0 saturated heterocycles. The number of aromatic nitrogens is 2. The molecule has 0 aliphatic heterocycles. The van der Waals surface area contributed by atoms with Crippen molar-refractivity contribution in [1.82, 2.24) is 15.3 Å². The number of aryl methyl sites for hydroxylation is 1. The first-order chi connectivity index (χ1) is 8.81. The quantitative estimate of drug-likeness (QED) is 0.838. The Labute approximate surface area is 112 Å². The minimum Gasteiger partial charge on any atom is -0.311 e. The van der Waals surface area contributed by atoms with Gasteiger partial charge in [0.2, 0.25) is 0 Å². The van der Waals surface area contributed by atoms with E-state index in [9.17, 15) is 0 Å². The van der Waals surface area contributed by atoms with Crippen molar-refractivity contribution in [2.75, 3.05) is 12.8 Å². The van der Waals surface area contributed by atoms with E-state index < -0.39 is 0 Å². The second-order valence-corrected chi connectivity index (χ2v) is 5.11. The maximum absolute atomic E-state index is 4.35. The fourth-order valence-corrected chi connectivity index (χ4v) is 2.85. The predicted molar refractivity (Wildman–Crippen MR) is 75.7 cm³/mol. The van der Waals surface area contributed by atoms with E-state index in [0.717, 1.165) is 11.4 Å². The summed E-state index contributed by atoms with van der Waals surface area (Å²) in [6, 6.07) is 8.66. The number of hydrogen-bond donors (Lipinski definition) is 1. The molecule has 1 atom stereocenters. The molecular weight excluding hydrogens is 242 g/mol. The molecule has 2 aromatic rings. The Balaban J connectivity index is 2.02. The van der Waals surface area contributed by atoms with Crippen molar-refractivity contribution in [3.8, 4) is 0 Å². The van der Waals surface area contributed by atoms with Crippen molar-refractivity contribution in [2.45, 2.75) is 17.9 Å². The molecule has 1 unspecified atom stereocenters. The fourth-order valence-electron chi connectivity index (χ4n) is 1.70. The Morgan fingerprint density at radius 1 is 1.28 bits per heavy atom. The average Bonchev–Trinajstić information content (AvgIpc) is 2.42. The van der Waals surface area contributed by atoms with E-state index in [1.54, 1.807) is 12.4 Å². The van der Waals surface area contributed by atoms with Crippen LogP contribution in [0.3, 0.4) is 0 Å². The van der Waals surface area contributed by atoms with Gasteiger partial charge in [0, 0.05) is 29.2 Å². The van der Waals surface area contributed by atoms with E-state index in [2.05, 4.69) is 46.5 Å². The molecule has 1 aromatic carbocycles. The number of benzene rings is 1. The van der Waals surface area contributed by atoms with Crippen molar-refractivity contribution in [2.24, 2.45) is 0 Å². The molecule has 94 valence electrons. The second-order valence-electron chi connectivity index (χ2n) is 4.05. The Kier molecular flexibility index (Phi) is 4.73. The van der Waals surface area contributed by atoms with Crippen LogP contribution in [0.1, 0.15) is 17.3 Å². The van der Waals surface area contributed by atoms with Crippen LogP contribution in [-0.2, 0) is 0 Å². The van der Waals surface area contributed by atoms with Crippen LogP contribution in [0.15, 0.2) is 47.8 Å². The lowest BCUT2D eigenvalue weighted by Crippen LogP contribution is -2.20. The number of rotatable bonds is 5. The summed E-state index contributed by atoms with van der Waals surface area (Å²) in [6.07, 6.45) is 5.25. The molecule has 0 fully saturated rings. The molecule has 18 heavy (non-hydrogen) atoms. The summed E-state index contributed by atoms with van der Waals surface area (Å²) < 4.78 is 0. The van der Waals surface area contributed by atoms with Crippen LogP contribution in [0.2, 0.25) is 0 Å². The smallest absolute Gasteiger partial charge is 0.0764 e. The van der Waals surface area contributed by atoms with Gasteiger partial charge in [-0.1, -0.05) is 18.2 Å². The molecule has 1 N–H and O–H groups in total. The topological polar surface area (TPSA) is 37.8 Å². The van der Waals surface area contributed by atoms with E-state index >= 15 is 0 Å². The molecule has 4 heteroatoms. The monoisotopic (exact) mass is 259 g/mol. The first-order valence-corrected chi connectivity index (χ1v) is 6.91. The zero-order valence-corrected chi connectivity index (χ0v) is 11.4. The van der Waals surface area contributed by atoms with Gasteiger partial charge < -0.3 is 5.32 Å². The highest BCUT2D eigenvalue weighted by molar-refractivity contribution is 7.99. The van der Waals surface area contributed by atoms with Crippen molar-refractivity contribution in [1.29, 1.82) is 0 Å². The highest BCUT2D eigenvalue weighted by atomic mass is 32.2. The minimum absolute atomic E-state index is 0.225. The number of nitrogens with one attached hydrogen (secondary N) is 1. The summed E-state index contributed by atoms with van der Waals surface area (Å²) in [6.45, 7) is 2.14. The Morgan fingerprint density at radius 3 is 2.78 bits per heavy atom. The Hall–Kier alpha value is -1.39. The van der Waals surface area contributed by atoms with Crippen LogP contribution in [-0.4, -0.2) is 22.8 Å². The molecule has 0 bridgehead atoms. The van der Waals surface area contributed by atoms with Gasteiger partial charge in [0.05, 0.1) is 11.7 Å². The van der Waals surface area contributed by atoms with E-state index in [0.29, 0.717) is 0 Å². The van der Waals surface area contributed by atoms with Gasteiger partial charge in [0.25, 0.3) is 0 Å². The summed E-state index contributed by atoms with van der Waals surface area (Å²) in [7, 11) is 1.96. The average molecular weight is 259 g/mol. The number of thioether (sulfide) groups is 1. The standard InChI is InChI=1S/C14H17N3S/c1-11-5-3-4-6-14(11)18-10-13(15-2)12-9-16-7-8-17-12/h3-9,13,15H,10H2,1-2H3. The number of hydrogen-bond acceptors (Lipinski definition) is 4. The molecule has 0 saturated carbocycles. The molecular formula is C14H17N3S. The normalized spacial score (nSPS) is 12.3. The summed E-state index contributed by atoms with van der Waals surface area (Å²) in [5.41, 5.74) is 2.30. The molecule has 0 aliphatic carbocycles. The van der Waals surface area contributed by atoms with E-state index in [1.807, 2.05) is 25.0 Å². The maximum atomic E-state index is 4.35. The van der Waals surface area contributed by atoms with Gasteiger partial charge in [-0.25, -0.2) is 0 Å². The summed E-state index contributed by atoms with van der Waals surface area (Å²) in [4.78, 5) is 9.78. The lowest BCUT2D eigenvalue weighted by atomic mass is 10.2. The van der Waals surface area contributed by atoms with Crippen LogP contribution in [0.4, 0.5) is 0 Å². The van der Waals surface area contributed by atoms with Gasteiger partial charge in [-0.15, -0.1) is 11.8 Å². The first kappa shape index (κ1) is 13.1. The SMILES string of the molecule is CNC(CSc1ccccc1C)c1cnccn1. The van der Waals surface area contributed by atoms with Gasteiger partial charge in [0.15, 0.2) is 0 Å². The summed E-state index contributed by atoms with van der Waals surface area (Å²) in [5.74, 6) is 0.944. The van der Waals surface area contributed by atoms with Crippen molar-refractivity contribution in [3.05, 3.63) is 54.1 Å². The number of nitrogens with zero attached hydrogens (tertiary/aromatic N) is 2. The minimum atomic E-state index is 0.225. The lowest BCUT2D eigenvalue weighted by molar-refractivity contribution is 0.638. The molecule has 0 aliphatic rings. The van der Waals surface area contributed by atoms with Gasteiger partial charge >= 0.3 is 0 Å². The highest BCUT2D eigenvalue weighted by Gasteiger charge is 2.11. The molecule has 1 aromatic heterocycles. The summed E-state index contributed by atoms with van der Waals surface area (Å²) in [5, 5.41) is 3.28. The Bertz CT molecular complexity index is 487. The second kappa shape index (κ2) is 6.52. The van der Waals surface area contributed by atoms with Crippen LogP contribution >= 0.6 is 11.8 Å². The maximum Gasteiger partial charge on any atom is 0.0764 e. The van der Waals surface area contributed by atoms with Gasteiger partial charge in [0.1, 0.15) is 0 Å². The van der Waals surface area contributed by atoms with Crippen molar-refractivity contribution in [3.63, 3.8) is 0 Å². The van der Waals surface area contributed by atoms with Crippen molar-refractivity contribution >= 4 is 11.8 Å². The lowest BCUT2D eigenvalue weighted by Gasteiger charge is -2.15. The fraction of sp³-hybridized carbons (Fsp3) is 0.286. The zero-order chi connectivity index (χ0) is 12.8. The van der Waals surface area contributed by atoms with Crippen molar-refractivity contribution < 1.29 is 0 Å². The third-order valence-electron chi connectivity index (χ3n) is 2.79. The highest BCUT2D eigenvalue weighted by Crippen LogP contribution is 2.25. The van der Waals surface area contributed by atoms with Crippen LogP contribution in [0, 0.1) is 6.92 Å². The van der Waals surface area contributed by atoms with Gasteiger partial charge in [-0.3, -0.25) is 9.97 Å². The molecule has 1 heterocycles. The molecule has 0 amide bonds. The van der Waals surface area contributed by atoms with E-state index in [4.69, 9.17) is 0 Å². The summed E-state index contributed by atoms with van der Waals surface area (Å²) >= 11 is 1.84. The molecule has 0 spiro atoms. The Morgan fingerprint density at radius 2 is 2.11 bits per heavy atom. The molecule has 2 rings (SSSR count).